The molecule has 9 nitrogen and oxygen atoms in total. The average Bonchev–Trinajstić information content (AvgIpc) is 3.43. The number of ether oxygens (including phenoxy) is 3. The van der Waals surface area contributed by atoms with Crippen molar-refractivity contribution >= 4 is 22.7 Å². The normalized spacial score (nSPS) is 13.2. The van der Waals surface area contributed by atoms with E-state index in [9.17, 15) is 4.79 Å². The lowest BCUT2D eigenvalue weighted by molar-refractivity contribution is 0.0990. The van der Waals surface area contributed by atoms with Crippen LogP contribution in [0.25, 0.3) is 22.2 Å². The van der Waals surface area contributed by atoms with Gasteiger partial charge in [-0.15, -0.1) is 0 Å². The number of benzene rings is 3. The minimum atomic E-state index is -0.226. The summed E-state index contributed by atoms with van der Waals surface area (Å²) >= 11 is 0. The number of para-hydroxylation sites is 1. The summed E-state index contributed by atoms with van der Waals surface area (Å²) in [5.74, 6) is 0.947. The minimum absolute atomic E-state index is 0.226. The number of carbonyl (C=O) groups is 1. The van der Waals surface area contributed by atoms with Gasteiger partial charge in [-0.25, -0.2) is 4.79 Å². The molecule has 3 heterocycles. The number of anilines is 1. The number of carbonyl (C=O) groups excluding carboxylic acids is 1. The number of nitrogens with zero attached hydrogens (tertiary/aromatic N) is 5. The Labute approximate surface area is 264 Å². The van der Waals surface area contributed by atoms with Crippen LogP contribution in [0.4, 0.5) is 10.5 Å². The van der Waals surface area contributed by atoms with Crippen LogP contribution >= 0.6 is 0 Å². The van der Waals surface area contributed by atoms with E-state index >= 15 is 0 Å². The van der Waals surface area contributed by atoms with Crippen molar-refractivity contribution in [1.82, 2.24) is 19.7 Å². The number of hydrogen-bond donors (Lipinski definition) is 0. The summed E-state index contributed by atoms with van der Waals surface area (Å²) in [6.07, 6.45) is 1.66. The Kier molecular flexibility index (Phi) is 9.44. The predicted molar refractivity (Wildman–Crippen MR) is 176 cm³/mol. The third-order valence-electron chi connectivity index (χ3n) is 7.98. The molecule has 0 radical (unpaired) electrons. The Morgan fingerprint density at radius 1 is 0.800 bits per heavy atom. The summed E-state index contributed by atoms with van der Waals surface area (Å²) in [6, 6.07) is 30.2. The summed E-state index contributed by atoms with van der Waals surface area (Å²) in [5, 5.41) is 5.98. The summed E-state index contributed by atoms with van der Waals surface area (Å²) in [6.45, 7) is 5.97. The fourth-order valence-electron chi connectivity index (χ4n) is 5.55. The molecule has 0 saturated carbocycles. The van der Waals surface area contributed by atoms with Crippen LogP contribution in [-0.2, 0) is 25.0 Å². The second kappa shape index (κ2) is 14.2. The number of aryl methyl sites for hydroxylation is 1. The van der Waals surface area contributed by atoms with Gasteiger partial charge in [-0.2, -0.15) is 10.1 Å². The van der Waals surface area contributed by atoms with Crippen molar-refractivity contribution in [2.45, 2.75) is 33.0 Å². The highest BCUT2D eigenvalue weighted by molar-refractivity contribution is 6.01. The van der Waals surface area contributed by atoms with E-state index in [0.29, 0.717) is 57.8 Å². The van der Waals surface area contributed by atoms with Crippen molar-refractivity contribution in [3.8, 4) is 23.0 Å². The number of rotatable bonds is 11. The van der Waals surface area contributed by atoms with Gasteiger partial charge in [0.1, 0.15) is 18.9 Å². The van der Waals surface area contributed by atoms with E-state index < -0.39 is 0 Å². The maximum atomic E-state index is 12.5. The van der Waals surface area contributed by atoms with Gasteiger partial charge < -0.3 is 24.0 Å². The number of amides is 1. The van der Waals surface area contributed by atoms with E-state index in [1.54, 1.807) is 4.90 Å². The van der Waals surface area contributed by atoms with Gasteiger partial charge in [0.25, 0.3) is 0 Å². The van der Waals surface area contributed by atoms with Gasteiger partial charge in [-0.3, -0.25) is 4.68 Å². The number of pyridine rings is 1. The first-order valence-corrected chi connectivity index (χ1v) is 15.6. The van der Waals surface area contributed by atoms with Gasteiger partial charge in [0.2, 0.25) is 11.8 Å². The number of unbranched alkanes of at least 4 members (excludes halogenated alkanes) is 1. The van der Waals surface area contributed by atoms with Crippen LogP contribution in [0.15, 0.2) is 91.0 Å². The first kappa shape index (κ1) is 30.0. The Balaban J connectivity index is 1.27. The molecule has 1 aliphatic heterocycles. The van der Waals surface area contributed by atoms with Crippen molar-refractivity contribution in [2.75, 3.05) is 37.7 Å². The zero-order valence-electron chi connectivity index (χ0n) is 25.9. The van der Waals surface area contributed by atoms with Gasteiger partial charge in [0, 0.05) is 44.7 Å². The van der Waals surface area contributed by atoms with Crippen molar-refractivity contribution < 1.29 is 19.0 Å². The molecule has 1 fully saturated rings. The van der Waals surface area contributed by atoms with E-state index in [4.69, 9.17) is 24.3 Å². The largest absolute Gasteiger partial charge is 0.473 e. The van der Waals surface area contributed by atoms with Crippen molar-refractivity contribution in [3.63, 3.8) is 0 Å². The third kappa shape index (κ3) is 7.03. The molecule has 0 N–H and O–H groups in total. The molecule has 0 atom stereocenters. The highest BCUT2D eigenvalue weighted by Gasteiger charge is 2.26. The molecular formula is C36H39N5O4. The highest BCUT2D eigenvalue weighted by atomic mass is 16.6. The fraction of sp³-hybridized carbons (Fsp3) is 0.306. The van der Waals surface area contributed by atoms with Gasteiger partial charge in [-0.05, 0) is 29.7 Å². The summed E-state index contributed by atoms with van der Waals surface area (Å²) < 4.78 is 19.8. The van der Waals surface area contributed by atoms with Crippen molar-refractivity contribution in [1.29, 1.82) is 0 Å². The lowest BCUT2D eigenvalue weighted by Gasteiger charge is -2.35. The quantitative estimate of drug-likeness (QED) is 0.152. The first-order chi connectivity index (χ1) is 22.1. The standard InChI is InChI=1S/C36H39N5O4/c1-3-4-24-43-36(42)41-22-20-40(21-23-41)31-17-11-16-29-33(38-39(2)34(29)31)30-18-19-32(44-25-27-12-7-5-8-13-27)37-35(30)45-26-28-14-9-6-10-15-28/h5-19H,3-4,20-26H2,1-2H3. The van der Waals surface area contributed by atoms with Crippen LogP contribution in [0.5, 0.6) is 11.8 Å². The molecule has 45 heavy (non-hydrogen) atoms. The molecule has 0 unspecified atom stereocenters. The second-order valence-electron chi connectivity index (χ2n) is 11.1. The Morgan fingerprint density at radius 2 is 1.49 bits per heavy atom. The first-order valence-electron chi connectivity index (χ1n) is 15.6. The predicted octanol–water partition coefficient (Wildman–Crippen LogP) is 6.85. The summed E-state index contributed by atoms with van der Waals surface area (Å²) in [4.78, 5) is 21.4. The maximum Gasteiger partial charge on any atom is 0.409 e. The van der Waals surface area contributed by atoms with E-state index in [1.807, 2.05) is 84.5 Å². The molecule has 1 aliphatic rings. The number of fused-ring (bicyclic) bond motifs is 1. The molecule has 232 valence electrons. The van der Waals surface area contributed by atoms with E-state index in [1.165, 1.54) is 0 Å². The third-order valence-corrected chi connectivity index (χ3v) is 7.98. The lowest BCUT2D eigenvalue weighted by Crippen LogP contribution is -2.49. The average molecular weight is 606 g/mol. The van der Waals surface area contributed by atoms with Gasteiger partial charge in [-0.1, -0.05) is 86.1 Å². The van der Waals surface area contributed by atoms with Crippen LogP contribution in [0, 0.1) is 0 Å². The SMILES string of the molecule is CCCCOC(=O)N1CCN(c2cccc3c(-c4ccc(OCc5ccccc5)nc4OCc4ccccc4)nn(C)c23)CC1. The van der Waals surface area contributed by atoms with Crippen LogP contribution in [0.2, 0.25) is 0 Å². The smallest absolute Gasteiger partial charge is 0.409 e. The fourth-order valence-corrected chi connectivity index (χ4v) is 5.55. The van der Waals surface area contributed by atoms with Crippen LogP contribution in [-0.4, -0.2) is 58.5 Å². The zero-order valence-corrected chi connectivity index (χ0v) is 25.9. The second-order valence-corrected chi connectivity index (χ2v) is 11.1. The number of hydrogen-bond acceptors (Lipinski definition) is 7. The molecule has 0 spiro atoms. The van der Waals surface area contributed by atoms with E-state index in [0.717, 1.165) is 51.8 Å². The zero-order chi connectivity index (χ0) is 31.0. The number of piperazine rings is 1. The lowest BCUT2D eigenvalue weighted by atomic mass is 10.1. The molecule has 1 saturated heterocycles. The van der Waals surface area contributed by atoms with Gasteiger partial charge >= 0.3 is 6.09 Å². The van der Waals surface area contributed by atoms with Crippen molar-refractivity contribution in [2.24, 2.45) is 7.05 Å². The molecule has 5 aromatic rings. The Bertz CT molecular complexity index is 1720. The number of aromatic nitrogens is 3. The monoisotopic (exact) mass is 605 g/mol. The molecule has 6 rings (SSSR count). The molecule has 0 bridgehead atoms. The van der Waals surface area contributed by atoms with Crippen LogP contribution in [0.3, 0.4) is 0 Å². The van der Waals surface area contributed by atoms with Crippen LogP contribution in [0.1, 0.15) is 30.9 Å². The van der Waals surface area contributed by atoms with E-state index in [-0.39, 0.29) is 6.09 Å². The van der Waals surface area contributed by atoms with Crippen molar-refractivity contribution in [3.05, 3.63) is 102 Å². The Morgan fingerprint density at radius 3 is 2.18 bits per heavy atom. The molecular weight excluding hydrogens is 566 g/mol. The topological polar surface area (TPSA) is 82.0 Å². The minimum Gasteiger partial charge on any atom is -0.473 e. The van der Waals surface area contributed by atoms with Gasteiger partial charge in [0.15, 0.2) is 0 Å². The van der Waals surface area contributed by atoms with Gasteiger partial charge in [0.05, 0.1) is 23.4 Å². The Hall–Kier alpha value is -5.05. The van der Waals surface area contributed by atoms with E-state index in [2.05, 4.69) is 30.0 Å². The maximum absolute atomic E-state index is 12.5. The summed E-state index contributed by atoms with van der Waals surface area (Å²) in [5.41, 5.74) is 5.79. The van der Waals surface area contributed by atoms with Crippen LogP contribution < -0.4 is 14.4 Å². The molecule has 0 aliphatic carbocycles. The molecule has 2 aromatic heterocycles. The summed E-state index contributed by atoms with van der Waals surface area (Å²) in [7, 11) is 1.96. The highest BCUT2D eigenvalue weighted by Crippen LogP contribution is 2.38. The molecule has 1 amide bonds. The molecule has 9 heteroatoms. The molecule has 3 aromatic carbocycles.